The minimum absolute atomic E-state index is 0.0238. The summed E-state index contributed by atoms with van der Waals surface area (Å²) in [5.74, 6) is -2.05. The van der Waals surface area contributed by atoms with E-state index in [1.165, 1.54) is 0 Å². The predicted molar refractivity (Wildman–Crippen MR) is 218 cm³/mol. The number of dihydropyridines is 2. The molecule has 4 aromatic rings. The molecule has 0 saturated carbocycles. The Morgan fingerprint density at radius 3 is 1.46 bits per heavy atom. The fourth-order valence-electron chi connectivity index (χ4n) is 5.35. The van der Waals surface area contributed by atoms with E-state index in [2.05, 4.69) is 34.3 Å². The zero-order chi connectivity index (χ0) is 42.1. The van der Waals surface area contributed by atoms with Crippen LogP contribution >= 0.6 is 58.0 Å². The van der Waals surface area contributed by atoms with Gasteiger partial charge in [0.25, 0.3) is 5.24 Å². The van der Waals surface area contributed by atoms with Crippen LogP contribution in [0, 0.1) is 11.8 Å². The number of nitrogens with two attached hydrogens (primary N) is 1. The Labute approximate surface area is 349 Å². The van der Waals surface area contributed by atoms with E-state index in [9.17, 15) is 28.8 Å². The number of Topliss-reactive ketones (excluding diaryl/α,β-unsaturated/α-hetero) is 3. The van der Waals surface area contributed by atoms with Gasteiger partial charge in [0.1, 0.15) is 13.1 Å². The first-order valence-corrected chi connectivity index (χ1v) is 18.8. The summed E-state index contributed by atoms with van der Waals surface area (Å²) in [6, 6.07) is 6.62. The molecule has 300 valence electrons. The number of hydrogen-bond acceptors (Lipinski definition) is 13. The normalized spacial score (nSPS) is 13.9. The summed E-state index contributed by atoms with van der Waals surface area (Å²) < 4.78 is 8.29. The summed E-state index contributed by atoms with van der Waals surface area (Å²) in [6.07, 6.45) is 4.48. The highest BCUT2D eigenvalue weighted by atomic mass is 35.5. The number of nitrogens with one attached hydrogen (secondary N) is 2. The topological polar surface area (TPSA) is 237 Å². The zero-order valence-electron chi connectivity index (χ0n) is 30.7. The van der Waals surface area contributed by atoms with Crippen LogP contribution in [0.4, 0.5) is 5.69 Å². The number of halogens is 5. The smallest absolute Gasteiger partial charge is 0.399 e. The summed E-state index contributed by atoms with van der Waals surface area (Å²) in [5, 5.41) is 7.34. The molecule has 0 bridgehead atoms. The molecule has 0 unspecified atom stereocenters. The number of hydrogen-bond donors (Lipinski definition) is 3. The van der Waals surface area contributed by atoms with Gasteiger partial charge < -0.3 is 5.73 Å². The number of anilines is 1. The van der Waals surface area contributed by atoms with Gasteiger partial charge in [0.2, 0.25) is 17.4 Å². The Morgan fingerprint density at radius 2 is 1.11 bits per heavy atom. The standard InChI is InChI=1S/C19H17Cl2N3O4.C15H16Cl2N2O.C3HClN2O3/c1-9(2)12-6-11(22-8-17(12)26)7-13-14(20)3-10(4-15(13)21)5-16(25)18-23-19(27)28-24-18;1-8(2)11-5-10(19-7-15(11)20)6-12-13(16)3-9(18)4-14(12)17;4-1(7)2-5-3(8)9-6-2/h3-4,6,9H,5,7-8H2,1-2H3,(H,23,24,27);3-5,8H,6-7,18H2,1-2H3;(H,5,6,8). The van der Waals surface area contributed by atoms with E-state index in [0.29, 0.717) is 49.7 Å². The maximum Gasteiger partial charge on any atom is 0.439 e. The molecule has 6 rings (SSSR count). The SMILES string of the molecule is CC(C)C1=CC(Cc2c(Cl)cc(CC(=O)c3noc(=O)[nH]3)cc2Cl)=NCC1=O.CC(C)C1=CC(Cc2c(Cl)cc(N)cc2Cl)=NCC1=O.O=C(Cl)c1noc(=O)[nH]1. The Hall–Kier alpha value is -4.93. The van der Waals surface area contributed by atoms with Gasteiger partial charge in [-0.1, -0.05) is 84.4 Å². The van der Waals surface area contributed by atoms with Crippen LogP contribution in [-0.2, 0) is 28.9 Å². The number of allylic oxidation sites excluding steroid dienone is 2. The van der Waals surface area contributed by atoms with Crippen LogP contribution in [0.1, 0.15) is 65.6 Å². The molecule has 0 saturated heterocycles. The first-order valence-electron chi connectivity index (χ1n) is 16.9. The maximum atomic E-state index is 12.1. The highest BCUT2D eigenvalue weighted by molar-refractivity contribution is 6.67. The Bertz CT molecular complexity index is 2410. The van der Waals surface area contributed by atoms with Crippen molar-refractivity contribution in [3.63, 3.8) is 0 Å². The second kappa shape index (κ2) is 20.0. The number of aromatic nitrogens is 4. The lowest BCUT2D eigenvalue weighted by atomic mass is 9.93. The van der Waals surface area contributed by atoms with Gasteiger partial charge in [-0.25, -0.2) is 9.59 Å². The average Bonchev–Trinajstić information content (AvgIpc) is 3.78. The van der Waals surface area contributed by atoms with Gasteiger partial charge >= 0.3 is 11.5 Å². The Kier molecular flexibility index (Phi) is 15.7. The number of H-pyrrole nitrogens is 2. The van der Waals surface area contributed by atoms with Crippen molar-refractivity contribution >= 4 is 97.7 Å². The van der Waals surface area contributed by atoms with Crippen molar-refractivity contribution in [1.29, 1.82) is 0 Å². The predicted octanol–water partition coefficient (Wildman–Crippen LogP) is 6.71. The molecule has 20 heteroatoms. The van der Waals surface area contributed by atoms with Crippen LogP contribution in [0.25, 0.3) is 0 Å². The largest absolute Gasteiger partial charge is 0.439 e. The van der Waals surface area contributed by atoms with Crippen LogP contribution in [0.15, 0.2) is 76.2 Å². The molecule has 0 amide bonds. The van der Waals surface area contributed by atoms with Crippen LogP contribution < -0.4 is 17.2 Å². The summed E-state index contributed by atoms with van der Waals surface area (Å²) in [4.78, 5) is 79.8. The number of aromatic amines is 2. The molecule has 2 aliphatic rings. The molecule has 2 aliphatic heterocycles. The molecule has 0 spiro atoms. The van der Waals surface area contributed by atoms with E-state index >= 15 is 0 Å². The fraction of sp³-hybridized carbons (Fsp3) is 0.297. The fourth-order valence-corrected chi connectivity index (χ4v) is 6.73. The van der Waals surface area contributed by atoms with Crippen LogP contribution in [-0.4, -0.2) is 67.4 Å². The van der Waals surface area contributed by atoms with Gasteiger partial charge in [-0.3, -0.25) is 48.2 Å². The van der Waals surface area contributed by atoms with Crippen molar-refractivity contribution in [3.8, 4) is 0 Å². The first kappa shape index (κ1) is 44.8. The molecule has 4 N–H and O–H groups in total. The lowest BCUT2D eigenvalue weighted by molar-refractivity contribution is -0.115. The third-order valence-corrected chi connectivity index (χ3v) is 9.69. The number of ketones is 3. The van der Waals surface area contributed by atoms with Crippen LogP contribution in [0.3, 0.4) is 0 Å². The van der Waals surface area contributed by atoms with Gasteiger partial charge in [0.05, 0.1) is 0 Å². The number of nitrogen functional groups attached to an aromatic ring is 1. The first-order chi connectivity index (χ1) is 26.8. The Balaban J connectivity index is 0.000000215. The highest BCUT2D eigenvalue weighted by Gasteiger charge is 2.22. The van der Waals surface area contributed by atoms with E-state index in [-0.39, 0.29) is 54.6 Å². The molecular weight excluding hydrogens is 848 g/mol. The summed E-state index contributed by atoms with van der Waals surface area (Å²) in [7, 11) is 0. The molecule has 4 heterocycles. The number of aliphatic imine (C=N–C) groups is 2. The zero-order valence-corrected chi connectivity index (χ0v) is 34.5. The Morgan fingerprint density at radius 1 is 0.702 bits per heavy atom. The molecule has 15 nitrogen and oxygen atoms in total. The van der Waals surface area contributed by atoms with Crippen LogP contribution in [0.5, 0.6) is 0 Å². The molecule has 0 radical (unpaired) electrons. The summed E-state index contributed by atoms with van der Waals surface area (Å²) in [5.41, 5.74) is 11.3. The summed E-state index contributed by atoms with van der Waals surface area (Å²) >= 11 is 30.0. The number of carbonyl (C=O) groups excluding carboxylic acids is 4. The van der Waals surface area contributed by atoms with Crippen molar-refractivity contribution in [3.05, 3.63) is 117 Å². The van der Waals surface area contributed by atoms with Crippen molar-refractivity contribution < 1.29 is 28.2 Å². The third-order valence-electron chi connectivity index (χ3n) is 8.16. The van der Waals surface area contributed by atoms with E-state index < -0.39 is 22.5 Å². The maximum absolute atomic E-state index is 12.1. The van der Waals surface area contributed by atoms with Crippen molar-refractivity contribution in [2.24, 2.45) is 21.8 Å². The third kappa shape index (κ3) is 12.5. The van der Waals surface area contributed by atoms with E-state index in [1.54, 1.807) is 30.3 Å². The lowest BCUT2D eigenvalue weighted by Gasteiger charge is -2.16. The lowest BCUT2D eigenvalue weighted by Crippen LogP contribution is -2.20. The number of benzene rings is 2. The van der Waals surface area contributed by atoms with Gasteiger partial charge in [-0.05, 0) is 76.5 Å². The van der Waals surface area contributed by atoms with Gasteiger partial charge in [-0.15, -0.1) is 0 Å². The molecule has 2 aromatic carbocycles. The van der Waals surface area contributed by atoms with E-state index in [4.69, 9.17) is 63.7 Å². The monoisotopic (exact) mass is 879 g/mol. The number of carbonyl (C=O) groups is 4. The van der Waals surface area contributed by atoms with Crippen molar-refractivity contribution in [1.82, 2.24) is 20.3 Å². The number of nitrogens with zero attached hydrogens (tertiary/aromatic N) is 4. The minimum Gasteiger partial charge on any atom is -0.399 e. The summed E-state index contributed by atoms with van der Waals surface area (Å²) in [6.45, 7) is 8.23. The molecule has 0 fully saturated rings. The second-order valence-corrected chi connectivity index (χ2v) is 15.1. The van der Waals surface area contributed by atoms with Crippen LogP contribution in [0.2, 0.25) is 20.1 Å². The number of rotatable bonds is 10. The minimum atomic E-state index is -0.846. The molecule has 0 atom stereocenters. The molecular formula is C37H34Cl5N7O8. The highest BCUT2D eigenvalue weighted by Crippen LogP contribution is 2.31. The van der Waals surface area contributed by atoms with E-state index in [1.807, 2.05) is 38.8 Å². The molecule has 0 aliphatic carbocycles. The second-order valence-electron chi connectivity index (χ2n) is 13.1. The van der Waals surface area contributed by atoms with Crippen molar-refractivity contribution in [2.75, 3.05) is 18.8 Å². The average molecular weight is 882 g/mol. The molecule has 2 aromatic heterocycles. The van der Waals surface area contributed by atoms with Gasteiger partial charge in [0.15, 0.2) is 11.6 Å². The van der Waals surface area contributed by atoms with Gasteiger partial charge in [-0.2, -0.15) is 0 Å². The van der Waals surface area contributed by atoms with Gasteiger partial charge in [0, 0.05) is 67.6 Å². The quantitative estimate of drug-likeness (QED) is 0.0860. The molecule has 57 heavy (non-hydrogen) atoms. The van der Waals surface area contributed by atoms with Crippen molar-refractivity contribution in [2.45, 2.75) is 47.0 Å². The van der Waals surface area contributed by atoms with E-state index in [0.717, 1.165) is 28.1 Å².